The van der Waals surface area contributed by atoms with Gasteiger partial charge in [0.2, 0.25) is 0 Å². The van der Waals surface area contributed by atoms with Gasteiger partial charge in [0.15, 0.2) is 0 Å². The Kier molecular flexibility index (Phi) is 3.69. The van der Waals surface area contributed by atoms with Gasteiger partial charge in [-0.25, -0.2) is 0 Å². The molecule has 0 spiro atoms. The van der Waals surface area contributed by atoms with Crippen LogP contribution in [0.25, 0.3) is 0 Å². The zero-order chi connectivity index (χ0) is 13.2. The monoisotopic (exact) mass is 248 g/mol. The quantitative estimate of drug-likeness (QED) is 0.757. The predicted octanol–water partition coefficient (Wildman–Crippen LogP) is 3.52. The molecule has 0 saturated heterocycles. The summed E-state index contributed by atoms with van der Waals surface area (Å²) < 4.78 is 5.62. The first-order valence-corrected chi connectivity index (χ1v) is 6.79. The molecule has 1 aromatic rings. The lowest BCUT2D eigenvalue weighted by Crippen LogP contribution is -2.09. The van der Waals surface area contributed by atoms with Crippen molar-refractivity contribution in [2.75, 3.05) is 24.2 Å². The lowest BCUT2D eigenvalue weighted by Gasteiger charge is -2.14. The number of nitrogens with two attached hydrogens (primary N) is 1. The van der Waals surface area contributed by atoms with Crippen molar-refractivity contribution in [2.24, 2.45) is 11.3 Å². The number of nitrogen functional groups attached to an aromatic ring is 1. The van der Waals surface area contributed by atoms with Gasteiger partial charge in [-0.1, -0.05) is 26.8 Å². The molecule has 1 aliphatic carbocycles. The van der Waals surface area contributed by atoms with E-state index >= 15 is 0 Å². The highest BCUT2D eigenvalue weighted by Crippen LogP contribution is 2.51. The van der Waals surface area contributed by atoms with Gasteiger partial charge in [0.1, 0.15) is 5.75 Å². The predicted molar refractivity (Wildman–Crippen MR) is 77.0 cm³/mol. The van der Waals surface area contributed by atoms with Gasteiger partial charge in [0, 0.05) is 6.54 Å². The summed E-state index contributed by atoms with van der Waals surface area (Å²) in [4.78, 5) is 0. The summed E-state index contributed by atoms with van der Waals surface area (Å²) in [5, 5.41) is 3.44. The Morgan fingerprint density at radius 2 is 2.17 bits per heavy atom. The van der Waals surface area contributed by atoms with Gasteiger partial charge in [0.05, 0.1) is 18.0 Å². The van der Waals surface area contributed by atoms with Crippen LogP contribution in [-0.2, 0) is 0 Å². The number of para-hydroxylation sites is 1. The Labute approximate surface area is 110 Å². The summed E-state index contributed by atoms with van der Waals surface area (Å²) in [7, 11) is 0. The standard InChI is InChI=1S/C15H24N2O/c1-4-8-18-13-7-5-6-12(14(13)16)17-10-11-9-15(11,2)3/h5-7,11,17H,4,8-10,16H2,1-3H3. The molecule has 100 valence electrons. The number of nitrogens with one attached hydrogen (secondary N) is 1. The molecule has 1 fully saturated rings. The molecule has 0 bridgehead atoms. The largest absolute Gasteiger partial charge is 0.491 e. The second kappa shape index (κ2) is 5.09. The molecule has 18 heavy (non-hydrogen) atoms. The average Bonchev–Trinajstić information content (AvgIpc) is 2.94. The van der Waals surface area contributed by atoms with Gasteiger partial charge in [-0.05, 0) is 36.3 Å². The van der Waals surface area contributed by atoms with Crippen molar-refractivity contribution in [3.63, 3.8) is 0 Å². The van der Waals surface area contributed by atoms with Crippen LogP contribution < -0.4 is 15.8 Å². The van der Waals surface area contributed by atoms with Crippen LogP contribution in [0.15, 0.2) is 18.2 Å². The zero-order valence-electron chi connectivity index (χ0n) is 11.6. The van der Waals surface area contributed by atoms with Gasteiger partial charge in [-0.2, -0.15) is 0 Å². The van der Waals surface area contributed by atoms with Crippen molar-refractivity contribution in [3.05, 3.63) is 18.2 Å². The molecule has 1 unspecified atom stereocenters. The maximum absolute atomic E-state index is 6.11. The molecular weight excluding hydrogens is 224 g/mol. The van der Waals surface area contributed by atoms with Crippen LogP contribution >= 0.6 is 0 Å². The minimum Gasteiger partial charge on any atom is -0.491 e. The highest BCUT2D eigenvalue weighted by Gasteiger charge is 2.44. The lowest BCUT2D eigenvalue weighted by molar-refractivity contribution is 0.319. The number of anilines is 2. The van der Waals surface area contributed by atoms with Crippen molar-refractivity contribution in [2.45, 2.75) is 33.6 Å². The summed E-state index contributed by atoms with van der Waals surface area (Å²) >= 11 is 0. The number of ether oxygens (including phenoxy) is 1. The Morgan fingerprint density at radius 1 is 1.44 bits per heavy atom. The number of benzene rings is 1. The molecule has 0 aliphatic heterocycles. The Morgan fingerprint density at radius 3 is 2.78 bits per heavy atom. The lowest BCUT2D eigenvalue weighted by atomic mass is 10.1. The molecule has 3 nitrogen and oxygen atoms in total. The molecule has 1 saturated carbocycles. The number of hydrogen-bond acceptors (Lipinski definition) is 3. The van der Waals surface area contributed by atoms with E-state index in [0.29, 0.717) is 12.0 Å². The molecule has 1 aliphatic rings. The third-order valence-corrected chi connectivity index (χ3v) is 3.78. The third-order valence-electron chi connectivity index (χ3n) is 3.78. The van der Waals surface area contributed by atoms with E-state index in [4.69, 9.17) is 10.5 Å². The van der Waals surface area contributed by atoms with Gasteiger partial charge in [-0.15, -0.1) is 0 Å². The van der Waals surface area contributed by atoms with Gasteiger partial charge in [-0.3, -0.25) is 0 Å². The first kappa shape index (κ1) is 13.1. The fraction of sp³-hybridized carbons (Fsp3) is 0.600. The van der Waals surface area contributed by atoms with E-state index in [2.05, 4.69) is 26.1 Å². The van der Waals surface area contributed by atoms with Crippen LogP contribution in [0, 0.1) is 11.3 Å². The molecule has 0 amide bonds. The maximum Gasteiger partial charge on any atom is 0.144 e. The number of hydrogen-bond donors (Lipinski definition) is 2. The first-order valence-electron chi connectivity index (χ1n) is 6.79. The Balaban J connectivity index is 1.95. The fourth-order valence-electron chi connectivity index (χ4n) is 2.19. The van der Waals surface area contributed by atoms with Crippen LogP contribution in [0.2, 0.25) is 0 Å². The molecule has 0 aromatic heterocycles. The van der Waals surface area contributed by atoms with E-state index in [1.807, 2.05) is 18.2 Å². The SMILES string of the molecule is CCCOc1cccc(NCC2CC2(C)C)c1N. The normalized spacial score (nSPS) is 20.5. The van der Waals surface area contributed by atoms with Crippen molar-refractivity contribution < 1.29 is 4.74 Å². The van der Waals surface area contributed by atoms with Gasteiger partial charge >= 0.3 is 0 Å². The van der Waals surface area contributed by atoms with Crippen LogP contribution in [0.5, 0.6) is 5.75 Å². The molecule has 3 N–H and O–H groups in total. The Hall–Kier alpha value is -1.38. The van der Waals surface area contributed by atoms with Crippen molar-refractivity contribution >= 4 is 11.4 Å². The van der Waals surface area contributed by atoms with E-state index in [0.717, 1.165) is 36.0 Å². The third kappa shape index (κ3) is 2.89. The summed E-state index contributed by atoms with van der Waals surface area (Å²) in [5.74, 6) is 1.55. The van der Waals surface area contributed by atoms with Crippen LogP contribution in [-0.4, -0.2) is 13.2 Å². The molecular formula is C15H24N2O. The van der Waals surface area contributed by atoms with Crippen LogP contribution in [0.4, 0.5) is 11.4 Å². The highest BCUT2D eigenvalue weighted by atomic mass is 16.5. The molecule has 0 radical (unpaired) electrons. The van der Waals surface area contributed by atoms with E-state index in [9.17, 15) is 0 Å². The molecule has 1 atom stereocenters. The molecule has 3 heteroatoms. The second-order valence-electron chi connectivity index (χ2n) is 5.84. The van der Waals surface area contributed by atoms with E-state index in [1.165, 1.54) is 6.42 Å². The smallest absolute Gasteiger partial charge is 0.144 e. The van der Waals surface area contributed by atoms with Crippen molar-refractivity contribution in [1.29, 1.82) is 0 Å². The van der Waals surface area contributed by atoms with E-state index in [-0.39, 0.29) is 0 Å². The summed E-state index contributed by atoms with van der Waals surface area (Å²) in [6.45, 7) is 8.41. The zero-order valence-corrected chi connectivity index (χ0v) is 11.6. The average molecular weight is 248 g/mol. The summed E-state index contributed by atoms with van der Waals surface area (Å²) in [6.07, 6.45) is 2.29. The van der Waals surface area contributed by atoms with E-state index < -0.39 is 0 Å². The van der Waals surface area contributed by atoms with E-state index in [1.54, 1.807) is 0 Å². The summed E-state index contributed by atoms with van der Waals surface area (Å²) in [6, 6.07) is 5.93. The minimum atomic E-state index is 0.498. The number of rotatable bonds is 6. The van der Waals surface area contributed by atoms with Crippen LogP contribution in [0.1, 0.15) is 33.6 Å². The Bertz CT molecular complexity index is 415. The molecule has 0 heterocycles. The minimum absolute atomic E-state index is 0.498. The van der Waals surface area contributed by atoms with Crippen molar-refractivity contribution in [1.82, 2.24) is 0 Å². The second-order valence-corrected chi connectivity index (χ2v) is 5.84. The van der Waals surface area contributed by atoms with Gasteiger partial charge < -0.3 is 15.8 Å². The van der Waals surface area contributed by atoms with Crippen LogP contribution in [0.3, 0.4) is 0 Å². The molecule has 1 aromatic carbocycles. The highest BCUT2D eigenvalue weighted by molar-refractivity contribution is 5.72. The summed E-state index contributed by atoms with van der Waals surface area (Å²) in [5.41, 5.74) is 8.33. The maximum atomic E-state index is 6.11. The molecule has 2 rings (SSSR count). The fourth-order valence-corrected chi connectivity index (χ4v) is 2.19. The first-order chi connectivity index (χ1) is 8.54. The van der Waals surface area contributed by atoms with Crippen molar-refractivity contribution in [3.8, 4) is 5.75 Å². The topological polar surface area (TPSA) is 47.3 Å². The van der Waals surface area contributed by atoms with Gasteiger partial charge in [0.25, 0.3) is 0 Å².